The third kappa shape index (κ3) is 0.808. The maximum atomic E-state index is 10.8. The van der Waals surface area contributed by atoms with E-state index >= 15 is 0 Å². The van der Waals surface area contributed by atoms with Gasteiger partial charge in [-0.1, -0.05) is 0 Å². The van der Waals surface area contributed by atoms with E-state index in [0.717, 1.165) is 0 Å². The first-order valence-electron chi connectivity index (χ1n) is 3.39. The minimum Gasteiger partial charge on any atom is -0.391 e. The van der Waals surface area contributed by atoms with Crippen LogP contribution in [0.1, 0.15) is 6.42 Å². The Balaban J connectivity index is 2.23. The summed E-state index contributed by atoms with van der Waals surface area (Å²) in [6, 6.07) is -0.530. The van der Waals surface area contributed by atoms with Crippen LogP contribution in [0.15, 0.2) is 0 Å². The van der Waals surface area contributed by atoms with Crippen molar-refractivity contribution in [2.45, 2.75) is 18.6 Å². The summed E-state index contributed by atoms with van der Waals surface area (Å²) in [4.78, 5) is 22.9. The molecule has 2 atom stereocenters. The van der Waals surface area contributed by atoms with Crippen LogP contribution >= 0.6 is 0 Å². The van der Waals surface area contributed by atoms with Crippen LogP contribution in [0, 0.1) is 0 Å². The summed E-state index contributed by atoms with van der Waals surface area (Å²) >= 11 is 0. The van der Waals surface area contributed by atoms with Crippen molar-refractivity contribution < 1.29 is 19.4 Å². The Bertz CT molecular complexity index is 205. The normalized spacial score (nSPS) is 35.9. The lowest BCUT2D eigenvalue weighted by molar-refractivity contribution is -0.135. The standard InChI is InChI=1S/C6H7NO4/c8-3-1-4-5(9)11-6(10)7(4)2-3/h3-4,8H,1-2H2. The highest BCUT2D eigenvalue weighted by Crippen LogP contribution is 2.24. The van der Waals surface area contributed by atoms with Gasteiger partial charge in [0, 0.05) is 6.42 Å². The third-order valence-corrected chi connectivity index (χ3v) is 1.97. The summed E-state index contributed by atoms with van der Waals surface area (Å²) in [5.41, 5.74) is 0. The molecule has 0 bridgehead atoms. The molecule has 0 aliphatic carbocycles. The molecule has 0 aromatic carbocycles. The summed E-state index contributed by atoms with van der Waals surface area (Å²) in [5, 5.41) is 9.07. The minimum absolute atomic E-state index is 0.218. The Kier molecular flexibility index (Phi) is 1.17. The van der Waals surface area contributed by atoms with Crippen molar-refractivity contribution in [3.63, 3.8) is 0 Å². The molecule has 2 aliphatic rings. The Morgan fingerprint density at radius 3 is 2.91 bits per heavy atom. The van der Waals surface area contributed by atoms with E-state index in [2.05, 4.69) is 4.74 Å². The molecule has 5 heteroatoms. The zero-order chi connectivity index (χ0) is 8.01. The number of cyclic esters (lactones) is 2. The number of hydrogen-bond acceptors (Lipinski definition) is 4. The van der Waals surface area contributed by atoms with Gasteiger partial charge in [-0.15, -0.1) is 0 Å². The van der Waals surface area contributed by atoms with E-state index in [1.165, 1.54) is 4.90 Å². The van der Waals surface area contributed by atoms with E-state index < -0.39 is 24.2 Å². The van der Waals surface area contributed by atoms with Crippen LogP contribution in [0.4, 0.5) is 4.79 Å². The lowest BCUT2D eigenvalue weighted by Crippen LogP contribution is -2.28. The molecule has 2 heterocycles. The second-order valence-electron chi connectivity index (χ2n) is 2.74. The van der Waals surface area contributed by atoms with Crippen LogP contribution < -0.4 is 0 Å². The van der Waals surface area contributed by atoms with E-state index in [9.17, 15) is 9.59 Å². The van der Waals surface area contributed by atoms with Crippen molar-refractivity contribution in [2.75, 3.05) is 6.54 Å². The van der Waals surface area contributed by atoms with Crippen molar-refractivity contribution in [1.82, 2.24) is 4.90 Å². The highest BCUT2D eigenvalue weighted by molar-refractivity contribution is 5.96. The number of nitrogens with zero attached hydrogens (tertiary/aromatic N) is 1. The molecule has 1 N–H and O–H groups in total. The van der Waals surface area contributed by atoms with E-state index in [1.54, 1.807) is 0 Å². The van der Waals surface area contributed by atoms with Gasteiger partial charge in [-0.05, 0) is 0 Å². The van der Waals surface area contributed by atoms with Gasteiger partial charge in [0.1, 0.15) is 6.04 Å². The maximum absolute atomic E-state index is 10.8. The van der Waals surface area contributed by atoms with Gasteiger partial charge in [-0.2, -0.15) is 0 Å². The predicted molar refractivity (Wildman–Crippen MR) is 32.6 cm³/mol. The van der Waals surface area contributed by atoms with Crippen LogP contribution in [0.5, 0.6) is 0 Å². The summed E-state index contributed by atoms with van der Waals surface area (Å²) in [5.74, 6) is -0.536. The van der Waals surface area contributed by atoms with Crippen LogP contribution in [0.2, 0.25) is 0 Å². The molecule has 0 aromatic rings. The van der Waals surface area contributed by atoms with E-state index in [-0.39, 0.29) is 6.54 Å². The predicted octanol–water partition coefficient (Wildman–Crippen LogP) is -0.902. The van der Waals surface area contributed by atoms with Crippen molar-refractivity contribution in [3.05, 3.63) is 0 Å². The van der Waals surface area contributed by atoms with E-state index in [4.69, 9.17) is 5.11 Å². The molecule has 0 aromatic heterocycles. The van der Waals surface area contributed by atoms with Gasteiger partial charge in [0.25, 0.3) is 0 Å². The maximum Gasteiger partial charge on any atom is 0.418 e. The first-order chi connectivity index (χ1) is 5.18. The molecular formula is C6H7NO4. The first kappa shape index (κ1) is 6.60. The van der Waals surface area contributed by atoms with Gasteiger partial charge in [-0.25, -0.2) is 9.59 Å². The van der Waals surface area contributed by atoms with Crippen molar-refractivity contribution in [2.24, 2.45) is 0 Å². The highest BCUT2D eigenvalue weighted by Gasteiger charge is 2.47. The molecule has 2 unspecified atom stereocenters. The molecular weight excluding hydrogens is 150 g/mol. The number of esters is 1. The number of hydrogen-bond donors (Lipinski definition) is 1. The zero-order valence-corrected chi connectivity index (χ0v) is 5.69. The van der Waals surface area contributed by atoms with Gasteiger partial charge in [0.05, 0.1) is 12.6 Å². The second-order valence-corrected chi connectivity index (χ2v) is 2.74. The Morgan fingerprint density at radius 1 is 1.55 bits per heavy atom. The van der Waals surface area contributed by atoms with Crippen LogP contribution in [0.25, 0.3) is 0 Å². The van der Waals surface area contributed by atoms with Crippen molar-refractivity contribution in [1.29, 1.82) is 0 Å². The van der Waals surface area contributed by atoms with E-state index in [1.807, 2.05) is 0 Å². The molecule has 1 amide bonds. The lowest BCUT2D eigenvalue weighted by atomic mass is 10.2. The van der Waals surface area contributed by atoms with Gasteiger partial charge in [-0.3, -0.25) is 4.90 Å². The largest absolute Gasteiger partial charge is 0.418 e. The number of fused-ring (bicyclic) bond motifs is 1. The van der Waals surface area contributed by atoms with Crippen LogP contribution in [-0.4, -0.2) is 40.8 Å². The second kappa shape index (κ2) is 1.94. The molecule has 0 radical (unpaired) electrons. The van der Waals surface area contributed by atoms with Crippen molar-refractivity contribution in [3.8, 4) is 0 Å². The molecule has 60 valence electrons. The minimum atomic E-state index is -0.628. The van der Waals surface area contributed by atoms with Gasteiger partial charge >= 0.3 is 12.1 Å². The first-order valence-corrected chi connectivity index (χ1v) is 3.39. The third-order valence-electron chi connectivity index (χ3n) is 1.97. The molecule has 0 saturated carbocycles. The highest BCUT2D eigenvalue weighted by atomic mass is 16.6. The number of carbonyl (C=O) groups is 2. The number of carbonyl (C=O) groups excluding carboxylic acids is 2. The Morgan fingerprint density at radius 2 is 2.27 bits per heavy atom. The smallest absolute Gasteiger partial charge is 0.391 e. The fourth-order valence-corrected chi connectivity index (χ4v) is 1.45. The van der Waals surface area contributed by atoms with Crippen LogP contribution in [0.3, 0.4) is 0 Å². The lowest BCUT2D eigenvalue weighted by Gasteiger charge is -2.06. The Labute approximate surface area is 62.5 Å². The van der Waals surface area contributed by atoms with Crippen LogP contribution in [-0.2, 0) is 9.53 Å². The number of rotatable bonds is 0. The molecule has 2 aliphatic heterocycles. The fourth-order valence-electron chi connectivity index (χ4n) is 1.45. The Hall–Kier alpha value is -1.10. The summed E-state index contributed by atoms with van der Waals surface area (Å²) in [7, 11) is 0. The average molecular weight is 157 g/mol. The quantitative estimate of drug-likeness (QED) is 0.365. The fraction of sp³-hybridized carbons (Fsp3) is 0.667. The molecule has 2 saturated heterocycles. The molecule has 2 rings (SSSR count). The topological polar surface area (TPSA) is 66.8 Å². The van der Waals surface area contributed by atoms with Crippen molar-refractivity contribution >= 4 is 12.1 Å². The molecule has 2 fully saturated rings. The molecule has 0 spiro atoms. The molecule has 11 heavy (non-hydrogen) atoms. The average Bonchev–Trinajstić information content (AvgIpc) is 2.38. The van der Waals surface area contributed by atoms with Gasteiger partial charge in [0.15, 0.2) is 0 Å². The van der Waals surface area contributed by atoms with E-state index in [0.29, 0.717) is 6.42 Å². The number of aliphatic hydroxyl groups is 1. The summed E-state index contributed by atoms with van der Waals surface area (Å²) in [6.07, 6.45) is -0.891. The summed E-state index contributed by atoms with van der Waals surface area (Å²) < 4.78 is 4.31. The van der Waals surface area contributed by atoms with Gasteiger partial charge in [0.2, 0.25) is 0 Å². The SMILES string of the molecule is O=C1OC(=O)N2CC(O)CC12. The number of aliphatic hydroxyl groups excluding tert-OH is 1. The number of amides is 1. The summed E-state index contributed by atoms with van der Waals surface area (Å²) in [6.45, 7) is 0.218. The zero-order valence-electron chi connectivity index (χ0n) is 5.69. The number of ether oxygens (including phenoxy) is 1. The van der Waals surface area contributed by atoms with Gasteiger partial charge < -0.3 is 9.84 Å². The molecule has 5 nitrogen and oxygen atoms in total. The monoisotopic (exact) mass is 157 g/mol.